The van der Waals surface area contributed by atoms with Crippen LogP contribution in [0.2, 0.25) is 0 Å². The Morgan fingerprint density at radius 2 is 1.90 bits per heavy atom. The third-order valence-electron chi connectivity index (χ3n) is 3.33. The largest absolute Gasteiger partial charge is 0.338 e. The fraction of sp³-hybridized carbons (Fsp3) is 0.188. The lowest BCUT2D eigenvalue weighted by atomic mass is 10.1. The van der Waals surface area contributed by atoms with E-state index in [4.69, 9.17) is 5.73 Å². The molecule has 0 amide bonds. The Morgan fingerprint density at radius 3 is 2.65 bits per heavy atom. The second-order valence-corrected chi connectivity index (χ2v) is 4.84. The number of hydrogen-bond donors (Lipinski definition) is 2. The highest BCUT2D eigenvalue weighted by atomic mass is 19.1. The van der Waals surface area contributed by atoms with Crippen molar-refractivity contribution in [3.8, 4) is 11.4 Å². The molecule has 0 bridgehead atoms. The van der Waals surface area contributed by atoms with Crippen LogP contribution < -0.4 is 5.73 Å². The van der Waals surface area contributed by atoms with Gasteiger partial charge in [-0.15, -0.1) is 0 Å². The molecule has 2 aromatic carbocycles. The van der Waals surface area contributed by atoms with Crippen molar-refractivity contribution in [1.29, 1.82) is 0 Å². The number of nitrogens with two attached hydrogens (primary N) is 1. The number of imidazole rings is 1. The average Bonchev–Trinajstić information content (AvgIpc) is 2.89. The van der Waals surface area contributed by atoms with Gasteiger partial charge in [-0.05, 0) is 61.3 Å². The van der Waals surface area contributed by atoms with Gasteiger partial charge in [-0.2, -0.15) is 0 Å². The van der Waals surface area contributed by atoms with Crippen molar-refractivity contribution in [2.45, 2.75) is 12.8 Å². The van der Waals surface area contributed by atoms with E-state index in [1.54, 1.807) is 12.1 Å². The zero-order chi connectivity index (χ0) is 13.9. The lowest BCUT2D eigenvalue weighted by Gasteiger charge is -1.98. The number of benzene rings is 2. The normalized spacial score (nSPS) is 11.1. The van der Waals surface area contributed by atoms with Crippen LogP contribution in [0.15, 0.2) is 42.5 Å². The minimum atomic E-state index is -0.242. The summed E-state index contributed by atoms with van der Waals surface area (Å²) in [5.41, 5.74) is 9.57. The number of H-pyrrole nitrogens is 1. The number of aromatic nitrogens is 2. The van der Waals surface area contributed by atoms with Crippen molar-refractivity contribution in [1.82, 2.24) is 9.97 Å². The second kappa shape index (κ2) is 5.43. The Labute approximate surface area is 116 Å². The highest BCUT2D eigenvalue weighted by Gasteiger charge is 2.06. The summed E-state index contributed by atoms with van der Waals surface area (Å²) in [6.45, 7) is 0.696. The molecule has 0 spiro atoms. The van der Waals surface area contributed by atoms with Gasteiger partial charge in [-0.3, -0.25) is 0 Å². The predicted octanol–water partition coefficient (Wildman–Crippen LogP) is 3.26. The predicted molar refractivity (Wildman–Crippen MR) is 78.9 cm³/mol. The van der Waals surface area contributed by atoms with Crippen molar-refractivity contribution in [3.05, 3.63) is 53.8 Å². The van der Waals surface area contributed by atoms with E-state index in [1.165, 1.54) is 17.7 Å². The van der Waals surface area contributed by atoms with Crippen LogP contribution in [0.3, 0.4) is 0 Å². The molecular formula is C16H16FN3. The Balaban J connectivity index is 1.95. The first-order valence-corrected chi connectivity index (χ1v) is 6.71. The Bertz CT molecular complexity index is 716. The average molecular weight is 269 g/mol. The van der Waals surface area contributed by atoms with Crippen LogP contribution in [0.25, 0.3) is 22.4 Å². The SMILES string of the molecule is NCCCc1ccc2nc(-c3ccc(F)cc3)[nH]c2c1. The maximum absolute atomic E-state index is 12.9. The molecule has 0 atom stereocenters. The van der Waals surface area contributed by atoms with Crippen LogP contribution in [0, 0.1) is 5.82 Å². The number of halogens is 1. The van der Waals surface area contributed by atoms with Crippen LogP contribution in [0.5, 0.6) is 0 Å². The summed E-state index contributed by atoms with van der Waals surface area (Å²) in [7, 11) is 0. The van der Waals surface area contributed by atoms with Gasteiger partial charge >= 0.3 is 0 Å². The number of aromatic amines is 1. The summed E-state index contributed by atoms with van der Waals surface area (Å²) < 4.78 is 12.9. The van der Waals surface area contributed by atoms with Crippen LogP contribution in [0.4, 0.5) is 4.39 Å². The first-order valence-electron chi connectivity index (χ1n) is 6.71. The lowest BCUT2D eigenvalue weighted by Crippen LogP contribution is -2.00. The summed E-state index contributed by atoms with van der Waals surface area (Å²) in [6, 6.07) is 12.5. The van der Waals surface area contributed by atoms with Crippen molar-refractivity contribution in [2.75, 3.05) is 6.54 Å². The Hall–Kier alpha value is -2.20. The fourth-order valence-electron chi connectivity index (χ4n) is 2.26. The molecule has 0 saturated heterocycles. The number of nitrogens with zero attached hydrogens (tertiary/aromatic N) is 1. The van der Waals surface area contributed by atoms with Gasteiger partial charge in [0.15, 0.2) is 0 Å². The van der Waals surface area contributed by atoms with Gasteiger partial charge in [0.2, 0.25) is 0 Å². The molecular weight excluding hydrogens is 253 g/mol. The summed E-state index contributed by atoms with van der Waals surface area (Å²) in [5.74, 6) is 0.518. The lowest BCUT2D eigenvalue weighted by molar-refractivity contribution is 0.628. The maximum atomic E-state index is 12.9. The molecule has 20 heavy (non-hydrogen) atoms. The second-order valence-electron chi connectivity index (χ2n) is 4.84. The van der Waals surface area contributed by atoms with E-state index in [0.29, 0.717) is 6.54 Å². The van der Waals surface area contributed by atoms with Crippen molar-refractivity contribution >= 4 is 11.0 Å². The molecule has 4 heteroatoms. The van der Waals surface area contributed by atoms with Gasteiger partial charge in [0, 0.05) is 5.56 Å². The highest BCUT2D eigenvalue weighted by molar-refractivity contribution is 5.80. The summed E-state index contributed by atoms with van der Waals surface area (Å²) in [4.78, 5) is 7.81. The van der Waals surface area contributed by atoms with Crippen LogP contribution in [-0.4, -0.2) is 16.5 Å². The summed E-state index contributed by atoms with van der Waals surface area (Å²) in [5, 5.41) is 0. The van der Waals surface area contributed by atoms with E-state index >= 15 is 0 Å². The number of aryl methyl sites for hydroxylation is 1. The summed E-state index contributed by atoms with van der Waals surface area (Å²) in [6.07, 6.45) is 1.95. The maximum Gasteiger partial charge on any atom is 0.138 e. The molecule has 3 aromatic rings. The Kier molecular flexibility index (Phi) is 3.48. The topological polar surface area (TPSA) is 54.7 Å². The molecule has 0 aliphatic rings. The molecule has 1 heterocycles. The summed E-state index contributed by atoms with van der Waals surface area (Å²) >= 11 is 0. The van der Waals surface area contributed by atoms with Gasteiger partial charge in [0.05, 0.1) is 11.0 Å². The van der Waals surface area contributed by atoms with E-state index < -0.39 is 0 Å². The highest BCUT2D eigenvalue weighted by Crippen LogP contribution is 2.21. The van der Waals surface area contributed by atoms with Gasteiger partial charge in [0.25, 0.3) is 0 Å². The molecule has 0 aliphatic heterocycles. The van der Waals surface area contributed by atoms with Crippen molar-refractivity contribution < 1.29 is 4.39 Å². The first-order chi connectivity index (χ1) is 9.76. The van der Waals surface area contributed by atoms with Gasteiger partial charge < -0.3 is 10.7 Å². The number of rotatable bonds is 4. The minimum absolute atomic E-state index is 0.242. The number of hydrogen-bond acceptors (Lipinski definition) is 2. The number of fused-ring (bicyclic) bond motifs is 1. The molecule has 0 aliphatic carbocycles. The van der Waals surface area contributed by atoms with E-state index in [1.807, 2.05) is 6.07 Å². The monoisotopic (exact) mass is 269 g/mol. The zero-order valence-corrected chi connectivity index (χ0v) is 11.1. The smallest absolute Gasteiger partial charge is 0.138 e. The van der Waals surface area contributed by atoms with Crippen LogP contribution >= 0.6 is 0 Å². The van der Waals surface area contributed by atoms with Crippen molar-refractivity contribution in [3.63, 3.8) is 0 Å². The molecule has 102 valence electrons. The van der Waals surface area contributed by atoms with E-state index in [2.05, 4.69) is 22.1 Å². The van der Waals surface area contributed by atoms with Crippen LogP contribution in [-0.2, 0) is 6.42 Å². The van der Waals surface area contributed by atoms with E-state index in [0.717, 1.165) is 35.3 Å². The molecule has 3 N–H and O–H groups in total. The first kappa shape index (κ1) is 12.8. The van der Waals surface area contributed by atoms with E-state index in [-0.39, 0.29) is 5.82 Å². The standard InChI is InChI=1S/C16H16FN3/c17-13-6-4-12(5-7-13)16-19-14-8-3-11(2-1-9-18)10-15(14)20-16/h3-8,10H,1-2,9,18H2,(H,19,20). The van der Waals surface area contributed by atoms with Gasteiger partial charge in [-0.25, -0.2) is 9.37 Å². The van der Waals surface area contributed by atoms with Gasteiger partial charge in [0.1, 0.15) is 11.6 Å². The Morgan fingerprint density at radius 1 is 1.10 bits per heavy atom. The minimum Gasteiger partial charge on any atom is -0.338 e. The van der Waals surface area contributed by atoms with Crippen molar-refractivity contribution in [2.24, 2.45) is 5.73 Å². The zero-order valence-electron chi connectivity index (χ0n) is 11.1. The molecule has 0 fully saturated rings. The van der Waals surface area contributed by atoms with E-state index in [9.17, 15) is 4.39 Å². The van der Waals surface area contributed by atoms with Gasteiger partial charge in [-0.1, -0.05) is 6.07 Å². The third-order valence-corrected chi connectivity index (χ3v) is 3.33. The third kappa shape index (κ3) is 2.56. The molecule has 0 unspecified atom stereocenters. The molecule has 1 aromatic heterocycles. The number of nitrogens with one attached hydrogen (secondary N) is 1. The molecule has 3 rings (SSSR count). The fourth-order valence-corrected chi connectivity index (χ4v) is 2.26. The molecule has 0 radical (unpaired) electrons. The molecule has 0 saturated carbocycles. The quantitative estimate of drug-likeness (QED) is 0.763. The molecule has 3 nitrogen and oxygen atoms in total. The van der Waals surface area contributed by atoms with Crippen LogP contribution in [0.1, 0.15) is 12.0 Å².